The minimum absolute atomic E-state index is 0.204. The van der Waals surface area contributed by atoms with Crippen molar-refractivity contribution in [3.8, 4) is 5.75 Å². The van der Waals surface area contributed by atoms with Gasteiger partial charge in [0.15, 0.2) is 0 Å². The van der Waals surface area contributed by atoms with Crippen molar-refractivity contribution < 1.29 is 9.53 Å². The van der Waals surface area contributed by atoms with Crippen LogP contribution in [0.1, 0.15) is 12.5 Å². The highest BCUT2D eigenvalue weighted by molar-refractivity contribution is 5.77. The molecule has 3 N–H and O–H groups in total. The number of nitrogens with one attached hydrogen (secondary N) is 1. The fraction of sp³-hybridized carbons (Fsp3) is 0.417. The summed E-state index contributed by atoms with van der Waals surface area (Å²) in [5.41, 5.74) is 7.21. The topological polar surface area (TPSA) is 64.3 Å². The smallest absolute Gasteiger partial charge is 0.222 e. The molecule has 4 nitrogen and oxygen atoms in total. The summed E-state index contributed by atoms with van der Waals surface area (Å²) in [5, 5.41) is 3.16. The van der Waals surface area contributed by atoms with E-state index in [1.165, 1.54) is 0 Å². The van der Waals surface area contributed by atoms with E-state index in [9.17, 15) is 4.79 Å². The van der Waals surface area contributed by atoms with Crippen LogP contribution in [-0.4, -0.2) is 19.6 Å². The first-order valence-electron chi connectivity index (χ1n) is 5.22. The van der Waals surface area contributed by atoms with Crippen LogP contribution >= 0.6 is 0 Å². The van der Waals surface area contributed by atoms with E-state index < -0.39 is 0 Å². The number of methoxy groups -OCH3 is 1. The molecule has 1 atom stereocenters. The van der Waals surface area contributed by atoms with E-state index in [1.807, 2.05) is 25.1 Å². The molecule has 1 amide bonds. The number of hydrogen-bond donors (Lipinski definition) is 2. The van der Waals surface area contributed by atoms with Crippen molar-refractivity contribution in [2.24, 2.45) is 11.7 Å². The highest BCUT2D eigenvalue weighted by Crippen LogP contribution is 2.25. The lowest BCUT2D eigenvalue weighted by molar-refractivity contribution is -0.120. The molecule has 1 rings (SSSR count). The van der Waals surface area contributed by atoms with E-state index in [0.29, 0.717) is 6.54 Å². The standard InChI is InChI=1S/C12H18N2O2/c1-8-4-5-11(16-3)10(6-8)14-7-9(2)12(13)15/h4-6,9,14H,7H2,1-3H3,(H2,13,15). The number of rotatable bonds is 5. The molecule has 0 aliphatic heterocycles. The third-order valence-electron chi connectivity index (χ3n) is 2.44. The molecule has 1 aromatic rings. The first-order valence-corrected chi connectivity index (χ1v) is 5.22. The van der Waals surface area contributed by atoms with Crippen molar-refractivity contribution in [3.63, 3.8) is 0 Å². The van der Waals surface area contributed by atoms with E-state index in [4.69, 9.17) is 10.5 Å². The Balaban J connectivity index is 2.72. The zero-order valence-electron chi connectivity index (χ0n) is 9.91. The Kier molecular flexibility index (Phi) is 4.17. The molecule has 0 saturated heterocycles. The first-order chi connectivity index (χ1) is 7.54. The van der Waals surface area contributed by atoms with Gasteiger partial charge in [0, 0.05) is 6.54 Å². The molecule has 0 spiro atoms. The molecule has 88 valence electrons. The molecule has 16 heavy (non-hydrogen) atoms. The maximum Gasteiger partial charge on any atom is 0.222 e. The summed E-state index contributed by atoms with van der Waals surface area (Å²) < 4.78 is 5.21. The zero-order chi connectivity index (χ0) is 12.1. The third-order valence-corrected chi connectivity index (χ3v) is 2.44. The number of ether oxygens (including phenoxy) is 1. The van der Waals surface area contributed by atoms with Crippen molar-refractivity contribution >= 4 is 11.6 Å². The monoisotopic (exact) mass is 222 g/mol. The predicted molar refractivity (Wildman–Crippen MR) is 64.6 cm³/mol. The summed E-state index contributed by atoms with van der Waals surface area (Å²) in [4.78, 5) is 10.9. The van der Waals surface area contributed by atoms with Gasteiger partial charge in [-0.15, -0.1) is 0 Å². The quantitative estimate of drug-likeness (QED) is 0.794. The van der Waals surface area contributed by atoms with Gasteiger partial charge < -0.3 is 15.8 Å². The fourth-order valence-corrected chi connectivity index (χ4v) is 1.32. The summed E-state index contributed by atoms with van der Waals surface area (Å²) in [6.45, 7) is 4.30. The van der Waals surface area contributed by atoms with E-state index in [2.05, 4.69) is 5.32 Å². The van der Waals surface area contributed by atoms with E-state index in [1.54, 1.807) is 14.0 Å². The molecule has 0 aromatic heterocycles. The lowest BCUT2D eigenvalue weighted by Gasteiger charge is -2.14. The number of anilines is 1. The van der Waals surface area contributed by atoms with Gasteiger partial charge in [0.2, 0.25) is 5.91 Å². The Labute approximate surface area is 95.8 Å². The highest BCUT2D eigenvalue weighted by Gasteiger charge is 2.09. The first kappa shape index (κ1) is 12.4. The number of hydrogen-bond acceptors (Lipinski definition) is 3. The molecule has 1 unspecified atom stereocenters. The molecular formula is C12H18N2O2. The number of aryl methyl sites for hydroxylation is 1. The van der Waals surface area contributed by atoms with Gasteiger partial charge in [0.25, 0.3) is 0 Å². The number of nitrogens with two attached hydrogens (primary N) is 1. The largest absolute Gasteiger partial charge is 0.495 e. The molecule has 0 heterocycles. The predicted octanol–water partition coefficient (Wildman–Crippen LogP) is 1.54. The van der Waals surface area contributed by atoms with Gasteiger partial charge in [-0.3, -0.25) is 4.79 Å². The summed E-state index contributed by atoms with van der Waals surface area (Å²) in [6, 6.07) is 5.85. The van der Waals surface area contributed by atoms with Gasteiger partial charge >= 0.3 is 0 Å². The lowest BCUT2D eigenvalue weighted by Crippen LogP contribution is -2.26. The summed E-state index contributed by atoms with van der Waals surface area (Å²) in [5.74, 6) is 0.256. The van der Waals surface area contributed by atoms with Crippen LogP contribution in [0.5, 0.6) is 5.75 Å². The zero-order valence-corrected chi connectivity index (χ0v) is 9.91. The Bertz CT molecular complexity index is 377. The second-order valence-electron chi connectivity index (χ2n) is 3.89. The Morgan fingerprint density at radius 3 is 2.81 bits per heavy atom. The Morgan fingerprint density at radius 1 is 1.56 bits per heavy atom. The van der Waals surface area contributed by atoms with Gasteiger partial charge in [0.05, 0.1) is 18.7 Å². The van der Waals surface area contributed by atoms with Gasteiger partial charge in [-0.25, -0.2) is 0 Å². The molecule has 0 radical (unpaired) electrons. The minimum atomic E-state index is -0.306. The van der Waals surface area contributed by atoms with Crippen LogP contribution in [0.4, 0.5) is 5.69 Å². The average Bonchev–Trinajstić information content (AvgIpc) is 2.25. The van der Waals surface area contributed by atoms with E-state index >= 15 is 0 Å². The number of amides is 1. The molecular weight excluding hydrogens is 204 g/mol. The van der Waals surface area contributed by atoms with Crippen LogP contribution in [0.15, 0.2) is 18.2 Å². The van der Waals surface area contributed by atoms with Crippen molar-refractivity contribution in [2.45, 2.75) is 13.8 Å². The maximum atomic E-state index is 10.9. The fourth-order valence-electron chi connectivity index (χ4n) is 1.32. The molecule has 4 heteroatoms. The lowest BCUT2D eigenvalue weighted by atomic mass is 10.1. The van der Waals surface area contributed by atoms with Gasteiger partial charge in [0.1, 0.15) is 5.75 Å². The Hall–Kier alpha value is -1.71. The summed E-state index contributed by atoms with van der Waals surface area (Å²) in [7, 11) is 1.62. The van der Waals surface area contributed by atoms with Crippen molar-refractivity contribution in [1.82, 2.24) is 0 Å². The maximum absolute atomic E-state index is 10.9. The Morgan fingerprint density at radius 2 is 2.25 bits per heavy atom. The number of carbonyl (C=O) groups excluding carboxylic acids is 1. The second kappa shape index (κ2) is 5.39. The van der Waals surface area contributed by atoms with Crippen molar-refractivity contribution in [2.75, 3.05) is 19.0 Å². The van der Waals surface area contributed by atoms with Crippen LogP contribution in [0.25, 0.3) is 0 Å². The molecule has 0 saturated carbocycles. The van der Waals surface area contributed by atoms with Gasteiger partial charge in [-0.1, -0.05) is 13.0 Å². The van der Waals surface area contributed by atoms with Gasteiger partial charge in [-0.2, -0.15) is 0 Å². The molecule has 0 fully saturated rings. The van der Waals surface area contributed by atoms with Crippen molar-refractivity contribution in [3.05, 3.63) is 23.8 Å². The normalized spacial score (nSPS) is 11.9. The molecule has 0 bridgehead atoms. The minimum Gasteiger partial charge on any atom is -0.495 e. The second-order valence-corrected chi connectivity index (χ2v) is 3.89. The average molecular weight is 222 g/mol. The van der Waals surface area contributed by atoms with E-state index in [0.717, 1.165) is 17.0 Å². The molecule has 0 aliphatic rings. The number of carbonyl (C=O) groups is 1. The summed E-state index contributed by atoms with van der Waals surface area (Å²) >= 11 is 0. The van der Waals surface area contributed by atoms with Crippen LogP contribution in [-0.2, 0) is 4.79 Å². The SMILES string of the molecule is COc1ccc(C)cc1NCC(C)C(N)=O. The molecule has 0 aliphatic carbocycles. The summed E-state index contributed by atoms with van der Waals surface area (Å²) in [6.07, 6.45) is 0. The van der Waals surface area contributed by atoms with Crippen LogP contribution in [0.2, 0.25) is 0 Å². The number of benzene rings is 1. The van der Waals surface area contributed by atoms with Gasteiger partial charge in [-0.05, 0) is 24.6 Å². The van der Waals surface area contributed by atoms with Crippen LogP contribution in [0.3, 0.4) is 0 Å². The number of primary amides is 1. The third kappa shape index (κ3) is 3.15. The van der Waals surface area contributed by atoms with E-state index in [-0.39, 0.29) is 11.8 Å². The van der Waals surface area contributed by atoms with Crippen LogP contribution in [0, 0.1) is 12.8 Å². The molecule has 1 aromatic carbocycles. The van der Waals surface area contributed by atoms with Crippen LogP contribution < -0.4 is 15.8 Å². The highest BCUT2D eigenvalue weighted by atomic mass is 16.5. The van der Waals surface area contributed by atoms with Crippen molar-refractivity contribution in [1.29, 1.82) is 0 Å².